The number of nitrogens with zero attached hydrogens (tertiary/aromatic N) is 2. The number of halogens is 1. The van der Waals surface area contributed by atoms with Gasteiger partial charge in [0, 0.05) is 42.9 Å². The number of nitrogens with one attached hydrogen (secondary N) is 1. The van der Waals surface area contributed by atoms with Crippen molar-refractivity contribution in [2.75, 3.05) is 31.6 Å². The number of amides is 1. The van der Waals surface area contributed by atoms with Crippen molar-refractivity contribution >= 4 is 39.3 Å². The Morgan fingerprint density at radius 1 is 1.30 bits per heavy atom. The van der Waals surface area contributed by atoms with Crippen LogP contribution in [0.2, 0.25) is 5.02 Å². The summed E-state index contributed by atoms with van der Waals surface area (Å²) in [5.41, 5.74) is 1.15. The minimum atomic E-state index is -3.58. The minimum Gasteiger partial charge on any atom is -0.356 e. The van der Waals surface area contributed by atoms with Crippen LogP contribution in [0, 0.1) is 0 Å². The lowest BCUT2D eigenvalue weighted by Gasteiger charge is -2.25. The van der Waals surface area contributed by atoms with E-state index in [4.69, 9.17) is 11.6 Å². The fourth-order valence-corrected chi connectivity index (χ4v) is 5.71. The first-order chi connectivity index (χ1) is 12.8. The summed E-state index contributed by atoms with van der Waals surface area (Å²) in [6, 6.07) is 8.54. The lowest BCUT2D eigenvalue weighted by Crippen LogP contribution is -2.37. The quantitative estimate of drug-likeness (QED) is 0.794. The molecular weight excluding hydrogens is 406 g/mol. The molecule has 0 saturated carbocycles. The number of carbonyl (C=O) groups is 1. The molecule has 0 spiro atoms. The van der Waals surface area contributed by atoms with E-state index in [0.29, 0.717) is 18.1 Å². The molecule has 1 atom stereocenters. The predicted molar refractivity (Wildman–Crippen MR) is 109 cm³/mol. The highest BCUT2D eigenvalue weighted by Gasteiger charge is 2.29. The number of hydrogen-bond donors (Lipinski definition) is 1. The number of aromatic amines is 1. The molecule has 9 heteroatoms. The summed E-state index contributed by atoms with van der Waals surface area (Å²) in [6.07, 6.45) is 1.39. The van der Waals surface area contributed by atoms with Crippen LogP contribution in [0.1, 0.15) is 29.0 Å². The Hall–Kier alpha value is -1.48. The molecule has 27 heavy (non-hydrogen) atoms. The Bertz CT molecular complexity index is 923. The van der Waals surface area contributed by atoms with Gasteiger partial charge in [0.25, 0.3) is 5.91 Å². The molecule has 1 N–H and O–H groups in total. The minimum absolute atomic E-state index is 0.126. The van der Waals surface area contributed by atoms with Crippen molar-refractivity contribution in [3.8, 4) is 0 Å². The van der Waals surface area contributed by atoms with Crippen LogP contribution in [-0.2, 0) is 10.0 Å². The summed E-state index contributed by atoms with van der Waals surface area (Å²) >= 11 is 7.78. The summed E-state index contributed by atoms with van der Waals surface area (Å²) in [5.74, 6) is 1.29. The van der Waals surface area contributed by atoms with Gasteiger partial charge in [-0.05, 0) is 30.7 Å². The largest absolute Gasteiger partial charge is 0.356 e. The highest BCUT2D eigenvalue weighted by molar-refractivity contribution is 7.99. The maximum Gasteiger partial charge on any atom is 0.270 e. The van der Waals surface area contributed by atoms with Crippen LogP contribution >= 0.6 is 23.4 Å². The molecule has 146 valence electrons. The van der Waals surface area contributed by atoms with Gasteiger partial charge in [-0.3, -0.25) is 4.79 Å². The van der Waals surface area contributed by atoms with Gasteiger partial charge in [-0.2, -0.15) is 16.1 Å². The van der Waals surface area contributed by atoms with Gasteiger partial charge >= 0.3 is 0 Å². The average Bonchev–Trinajstić information content (AvgIpc) is 3.18. The number of H-pyrrole nitrogens is 1. The van der Waals surface area contributed by atoms with E-state index in [2.05, 4.69) is 4.98 Å². The monoisotopic (exact) mass is 427 g/mol. The second kappa shape index (κ2) is 8.26. The van der Waals surface area contributed by atoms with Crippen molar-refractivity contribution in [2.45, 2.75) is 17.9 Å². The number of aromatic nitrogens is 1. The van der Waals surface area contributed by atoms with E-state index >= 15 is 0 Å². The molecule has 6 nitrogen and oxygen atoms in total. The van der Waals surface area contributed by atoms with Crippen LogP contribution in [-0.4, -0.2) is 60.2 Å². The topological polar surface area (TPSA) is 73.5 Å². The number of carbonyl (C=O) groups excluding carboxylic acids is 1. The fourth-order valence-electron chi connectivity index (χ4n) is 2.94. The van der Waals surface area contributed by atoms with Crippen molar-refractivity contribution in [3.05, 3.63) is 52.8 Å². The summed E-state index contributed by atoms with van der Waals surface area (Å²) in [7, 11) is -1.89. The number of hydrogen-bond acceptors (Lipinski definition) is 4. The number of sulfonamides is 1. The van der Waals surface area contributed by atoms with Crippen LogP contribution in [0.3, 0.4) is 0 Å². The van der Waals surface area contributed by atoms with E-state index in [-0.39, 0.29) is 22.5 Å². The molecule has 2 aromatic rings. The molecule has 0 radical (unpaired) electrons. The molecule has 1 aliphatic rings. The molecular formula is C18H22ClN3O3S2. The van der Waals surface area contributed by atoms with Crippen molar-refractivity contribution < 1.29 is 13.2 Å². The van der Waals surface area contributed by atoms with E-state index in [1.165, 1.54) is 16.6 Å². The fraction of sp³-hybridized carbons (Fsp3) is 0.389. The van der Waals surface area contributed by atoms with Gasteiger partial charge in [-0.15, -0.1) is 0 Å². The molecule has 1 aliphatic heterocycles. The van der Waals surface area contributed by atoms with Crippen LogP contribution in [0.15, 0.2) is 41.4 Å². The Morgan fingerprint density at radius 2 is 2.00 bits per heavy atom. The zero-order valence-corrected chi connectivity index (χ0v) is 17.6. The second-order valence-electron chi connectivity index (χ2n) is 6.41. The average molecular weight is 428 g/mol. The van der Waals surface area contributed by atoms with Crippen molar-refractivity contribution in [2.24, 2.45) is 0 Å². The van der Waals surface area contributed by atoms with E-state index in [9.17, 15) is 13.2 Å². The van der Waals surface area contributed by atoms with E-state index in [1.807, 2.05) is 25.1 Å². The lowest BCUT2D eigenvalue weighted by molar-refractivity contribution is 0.0737. The van der Waals surface area contributed by atoms with E-state index in [1.54, 1.807) is 29.8 Å². The zero-order valence-electron chi connectivity index (χ0n) is 15.2. The molecule has 2 heterocycles. The summed E-state index contributed by atoms with van der Waals surface area (Å²) in [4.78, 5) is 17.3. The number of rotatable bonds is 5. The maximum absolute atomic E-state index is 12.8. The van der Waals surface area contributed by atoms with Gasteiger partial charge in [-0.25, -0.2) is 8.42 Å². The normalized spacial score (nSPS) is 16.9. The zero-order chi connectivity index (χ0) is 19.6. The van der Waals surface area contributed by atoms with Gasteiger partial charge < -0.3 is 9.88 Å². The second-order valence-corrected chi connectivity index (χ2v) is 10.0. The molecule has 1 amide bonds. The first-order valence-electron chi connectivity index (χ1n) is 8.59. The lowest BCUT2D eigenvalue weighted by atomic mass is 10.1. The molecule has 1 aromatic heterocycles. The smallest absolute Gasteiger partial charge is 0.270 e. The molecule has 0 bridgehead atoms. The maximum atomic E-state index is 12.8. The van der Waals surface area contributed by atoms with Crippen LogP contribution in [0.4, 0.5) is 0 Å². The Morgan fingerprint density at radius 3 is 2.67 bits per heavy atom. The Balaban J connectivity index is 1.78. The SMILES string of the molecule is CC(c1cccc(Cl)c1)N(C)C(=O)c1cc(S(=O)(=O)N2CCSCC2)c[nH]1. The summed E-state index contributed by atoms with van der Waals surface area (Å²) in [6.45, 7) is 2.88. The van der Waals surface area contributed by atoms with Crippen molar-refractivity contribution in [1.29, 1.82) is 0 Å². The predicted octanol–water partition coefficient (Wildman–Crippen LogP) is 3.24. The summed E-state index contributed by atoms with van der Waals surface area (Å²) < 4.78 is 27.0. The molecule has 1 unspecified atom stereocenters. The van der Waals surface area contributed by atoms with Crippen molar-refractivity contribution in [1.82, 2.24) is 14.2 Å². The standard InChI is InChI=1S/C18H22ClN3O3S2/c1-13(14-4-3-5-15(19)10-14)21(2)18(23)17-11-16(12-20-17)27(24,25)22-6-8-26-9-7-22/h3-5,10-13,20H,6-9H2,1-2H3. The summed E-state index contributed by atoms with van der Waals surface area (Å²) in [5, 5.41) is 0.605. The first-order valence-corrected chi connectivity index (χ1v) is 11.6. The van der Waals surface area contributed by atoms with Crippen molar-refractivity contribution in [3.63, 3.8) is 0 Å². The molecule has 1 saturated heterocycles. The van der Waals surface area contributed by atoms with Gasteiger partial charge in [0.05, 0.1) is 6.04 Å². The third kappa shape index (κ3) is 4.34. The van der Waals surface area contributed by atoms with Crippen LogP contribution < -0.4 is 0 Å². The molecule has 1 fully saturated rings. The Kier molecular flexibility index (Phi) is 6.20. The first kappa shape index (κ1) is 20.3. The third-order valence-corrected chi connectivity index (χ3v) is 7.78. The highest BCUT2D eigenvalue weighted by Crippen LogP contribution is 2.25. The molecule has 1 aromatic carbocycles. The number of benzene rings is 1. The Labute approximate surface area is 168 Å². The highest BCUT2D eigenvalue weighted by atomic mass is 35.5. The molecule has 3 rings (SSSR count). The van der Waals surface area contributed by atoms with E-state index < -0.39 is 10.0 Å². The van der Waals surface area contributed by atoms with Crippen LogP contribution in [0.5, 0.6) is 0 Å². The number of thioether (sulfide) groups is 1. The van der Waals surface area contributed by atoms with Crippen LogP contribution in [0.25, 0.3) is 0 Å². The molecule has 0 aliphatic carbocycles. The van der Waals surface area contributed by atoms with E-state index in [0.717, 1.165) is 17.1 Å². The van der Waals surface area contributed by atoms with Gasteiger partial charge in [0.15, 0.2) is 0 Å². The third-order valence-electron chi connectivity index (χ3n) is 4.73. The van der Waals surface area contributed by atoms with Gasteiger partial charge in [0.2, 0.25) is 10.0 Å². The van der Waals surface area contributed by atoms with Gasteiger partial charge in [0.1, 0.15) is 10.6 Å². The van der Waals surface area contributed by atoms with Gasteiger partial charge in [-0.1, -0.05) is 23.7 Å².